The van der Waals surface area contributed by atoms with Gasteiger partial charge < -0.3 is 10.2 Å². The third-order valence-corrected chi connectivity index (χ3v) is 6.16. The highest BCUT2D eigenvalue weighted by atomic mass is 19.4. The summed E-state index contributed by atoms with van der Waals surface area (Å²) in [6.45, 7) is 6.82. The highest BCUT2D eigenvalue weighted by molar-refractivity contribution is 5.98. The van der Waals surface area contributed by atoms with Crippen molar-refractivity contribution in [3.8, 4) is 5.69 Å². The van der Waals surface area contributed by atoms with Crippen molar-refractivity contribution in [2.24, 2.45) is 5.92 Å². The molecular formula is C24H27F3N6O. The Morgan fingerprint density at radius 3 is 2.62 bits per heavy atom. The van der Waals surface area contributed by atoms with E-state index in [2.05, 4.69) is 27.4 Å². The molecule has 3 aromatic rings. The Balaban J connectivity index is 1.57. The number of piperidine rings is 1. The summed E-state index contributed by atoms with van der Waals surface area (Å²) in [6, 6.07) is 7.77. The third kappa shape index (κ3) is 5.05. The summed E-state index contributed by atoms with van der Waals surface area (Å²) >= 11 is 0. The Bertz CT molecular complexity index is 1160. The molecule has 180 valence electrons. The van der Waals surface area contributed by atoms with Crippen LogP contribution >= 0.6 is 0 Å². The van der Waals surface area contributed by atoms with Crippen LogP contribution in [-0.4, -0.2) is 49.9 Å². The minimum absolute atomic E-state index is 0.118. The van der Waals surface area contributed by atoms with Gasteiger partial charge in [0.15, 0.2) is 0 Å². The van der Waals surface area contributed by atoms with Crippen LogP contribution in [0.5, 0.6) is 0 Å². The lowest BCUT2D eigenvalue weighted by molar-refractivity contribution is -0.137. The topological polar surface area (TPSA) is 75.9 Å². The van der Waals surface area contributed by atoms with Gasteiger partial charge in [-0.15, -0.1) is 0 Å². The van der Waals surface area contributed by atoms with Crippen molar-refractivity contribution >= 4 is 11.7 Å². The Kier molecular flexibility index (Phi) is 6.58. The van der Waals surface area contributed by atoms with E-state index in [1.54, 1.807) is 6.20 Å². The Hall–Kier alpha value is -3.43. The summed E-state index contributed by atoms with van der Waals surface area (Å²) < 4.78 is 38.5. The van der Waals surface area contributed by atoms with Crippen LogP contribution in [0.1, 0.15) is 46.9 Å². The van der Waals surface area contributed by atoms with E-state index in [4.69, 9.17) is 0 Å². The first-order valence-corrected chi connectivity index (χ1v) is 11.2. The maximum atomic E-state index is 13.8. The molecule has 4 rings (SSSR count). The summed E-state index contributed by atoms with van der Waals surface area (Å²) in [5, 5.41) is 11.8. The average molecular weight is 473 g/mol. The molecule has 34 heavy (non-hydrogen) atoms. The smallest absolute Gasteiger partial charge is 0.368 e. The number of anilines is 1. The highest BCUT2D eigenvalue weighted by Crippen LogP contribution is 2.30. The molecule has 1 amide bonds. The van der Waals surface area contributed by atoms with E-state index in [1.165, 1.54) is 10.9 Å². The van der Waals surface area contributed by atoms with Gasteiger partial charge in [-0.25, -0.2) is 4.98 Å². The van der Waals surface area contributed by atoms with Crippen LogP contribution in [0, 0.1) is 19.8 Å². The number of pyridine rings is 1. The number of hydrogen-bond donors (Lipinski definition) is 1. The van der Waals surface area contributed by atoms with Crippen molar-refractivity contribution in [1.29, 1.82) is 0 Å². The van der Waals surface area contributed by atoms with E-state index in [-0.39, 0.29) is 17.9 Å². The number of nitrogens with one attached hydrogen (secondary N) is 1. The lowest BCUT2D eigenvalue weighted by atomic mass is 9.89. The van der Waals surface area contributed by atoms with Gasteiger partial charge >= 0.3 is 6.18 Å². The monoisotopic (exact) mass is 472 g/mol. The zero-order valence-corrected chi connectivity index (χ0v) is 19.3. The van der Waals surface area contributed by atoms with Crippen molar-refractivity contribution in [1.82, 2.24) is 24.9 Å². The number of aryl methyl sites for hydroxylation is 2. The van der Waals surface area contributed by atoms with E-state index in [1.807, 2.05) is 36.9 Å². The normalized spacial score (nSPS) is 18.7. The molecule has 1 saturated heterocycles. The molecule has 1 fully saturated rings. The van der Waals surface area contributed by atoms with E-state index in [9.17, 15) is 18.0 Å². The third-order valence-electron chi connectivity index (χ3n) is 6.16. The van der Waals surface area contributed by atoms with Crippen LogP contribution in [0.15, 0.2) is 42.7 Å². The van der Waals surface area contributed by atoms with Crippen LogP contribution in [-0.2, 0) is 6.18 Å². The van der Waals surface area contributed by atoms with Crippen LogP contribution in [0.4, 0.5) is 19.0 Å². The van der Waals surface area contributed by atoms with E-state index in [0.29, 0.717) is 30.2 Å². The van der Waals surface area contributed by atoms with E-state index >= 15 is 0 Å². The molecule has 3 heterocycles. The number of benzene rings is 1. The highest BCUT2D eigenvalue weighted by Gasteiger charge is 2.34. The first-order chi connectivity index (χ1) is 16.1. The molecule has 2 aromatic heterocycles. The van der Waals surface area contributed by atoms with Crippen LogP contribution in [0.25, 0.3) is 5.69 Å². The molecule has 2 atom stereocenters. The van der Waals surface area contributed by atoms with Crippen molar-refractivity contribution in [3.05, 3.63) is 65.1 Å². The number of nitrogens with zero attached hydrogens (tertiary/aromatic N) is 5. The number of alkyl halides is 3. The van der Waals surface area contributed by atoms with Gasteiger partial charge in [0, 0.05) is 19.3 Å². The van der Waals surface area contributed by atoms with E-state index in [0.717, 1.165) is 36.4 Å². The molecule has 1 aliphatic heterocycles. The van der Waals surface area contributed by atoms with Gasteiger partial charge in [-0.2, -0.15) is 28.2 Å². The molecule has 1 aromatic carbocycles. The van der Waals surface area contributed by atoms with E-state index < -0.39 is 11.7 Å². The lowest BCUT2D eigenvalue weighted by Crippen LogP contribution is -2.51. The fourth-order valence-corrected chi connectivity index (χ4v) is 4.29. The molecule has 7 nitrogen and oxygen atoms in total. The molecule has 1 aliphatic rings. The second kappa shape index (κ2) is 9.44. The maximum absolute atomic E-state index is 13.8. The van der Waals surface area contributed by atoms with Gasteiger partial charge in [0.1, 0.15) is 5.82 Å². The predicted molar refractivity (Wildman–Crippen MR) is 122 cm³/mol. The number of amides is 1. The van der Waals surface area contributed by atoms with Gasteiger partial charge in [-0.3, -0.25) is 4.79 Å². The standard InChI is InChI=1S/C24H27F3N6O/c1-15-6-8-20(33-30-12-17(3)31-33)19(11-15)23(34)32-10-4-5-16(2)21(32)14-29-22-9-7-18(13-28-22)24(25,26)27/h6-9,11-13,16,21H,4-5,10,14H2,1-3H3,(H,28,29)/t16?,21-/m1/s1. The summed E-state index contributed by atoms with van der Waals surface area (Å²) in [4.78, 5) is 21.0. The number of aromatic nitrogens is 4. The maximum Gasteiger partial charge on any atom is 0.417 e. The molecule has 10 heteroatoms. The number of carbonyl (C=O) groups excluding carboxylic acids is 1. The van der Waals surface area contributed by atoms with Gasteiger partial charge in [0.05, 0.1) is 34.7 Å². The average Bonchev–Trinajstić information content (AvgIpc) is 3.23. The Morgan fingerprint density at radius 1 is 1.18 bits per heavy atom. The molecule has 0 aliphatic carbocycles. The molecular weight excluding hydrogens is 445 g/mol. The first-order valence-electron chi connectivity index (χ1n) is 11.2. The van der Waals surface area contributed by atoms with Gasteiger partial charge in [-0.1, -0.05) is 18.6 Å². The largest absolute Gasteiger partial charge is 0.417 e. The summed E-state index contributed by atoms with van der Waals surface area (Å²) in [6.07, 6.45) is -0.145. The molecule has 1 N–H and O–H groups in total. The van der Waals surface area contributed by atoms with Gasteiger partial charge in [-0.05, 0) is 56.9 Å². The molecule has 0 radical (unpaired) electrons. The summed E-state index contributed by atoms with van der Waals surface area (Å²) in [5.41, 5.74) is 2.03. The molecule has 0 spiro atoms. The van der Waals surface area contributed by atoms with Gasteiger partial charge in [0.25, 0.3) is 5.91 Å². The van der Waals surface area contributed by atoms with Crippen LogP contribution in [0.2, 0.25) is 0 Å². The van der Waals surface area contributed by atoms with Crippen molar-refractivity contribution in [2.75, 3.05) is 18.4 Å². The summed E-state index contributed by atoms with van der Waals surface area (Å²) in [7, 11) is 0. The zero-order chi connectivity index (χ0) is 24.5. The Morgan fingerprint density at radius 2 is 1.97 bits per heavy atom. The number of likely N-dealkylation sites (tertiary alicyclic amines) is 1. The minimum atomic E-state index is -4.43. The minimum Gasteiger partial charge on any atom is -0.368 e. The number of rotatable bonds is 5. The van der Waals surface area contributed by atoms with Crippen LogP contribution in [0.3, 0.4) is 0 Å². The number of hydrogen-bond acceptors (Lipinski definition) is 5. The number of carbonyl (C=O) groups is 1. The van der Waals surface area contributed by atoms with Crippen molar-refractivity contribution in [3.63, 3.8) is 0 Å². The fraction of sp³-hybridized carbons (Fsp3) is 0.417. The molecule has 0 bridgehead atoms. The summed E-state index contributed by atoms with van der Waals surface area (Å²) in [5.74, 6) is 0.427. The van der Waals surface area contributed by atoms with Gasteiger partial charge in [0.2, 0.25) is 0 Å². The number of halogens is 3. The van der Waals surface area contributed by atoms with Crippen molar-refractivity contribution < 1.29 is 18.0 Å². The second-order valence-electron chi connectivity index (χ2n) is 8.79. The molecule has 1 unspecified atom stereocenters. The van der Waals surface area contributed by atoms with Crippen LogP contribution < -0.4 is 5.32 Å². The zero-order valence-electron chi connectivity index (χ0n) is 19.3. The SMILES string of the molecule is Cc1ccc(-n2ncc(C)n2)c(C(=O)N2CCCC(C)[C@H]2CNc2ccc(C(F)(F)F)cn2)c1. The predicted octanol–water partition coefficient (Wildman–Crippen LogP) is 4.65. The van der Waals surface area contributed by atoms with Crippen molar-refractivity contribution in [2.45, 2.75) is 45.8 Å². The molecule has 0 saturated carbocycles. The quantitative estimate of drug-likeness (QED) is 0.585. The lowest BCUT2D eigenvalue weighted by Gasteiger charge is -2.40. The first kappa shape index (κ1) is 23.7. The second-order valence-corrected chi connectivity index (χ2v) is 8.79. The fourth-order valence-electron chi connectivity index (χ4n) is 4.29. The Labute approximate surface area is 196 Å².